The Morgan fingerprint density at radius 2 is 2.21 bits per heavy atom. The van der Waals surface area contributed by atoms with E-state index in [1.165, 1.54) is 0 Å². The van der Waals surface area contributed by atoms with Gasteiger partial charge in [-0.1, -0.05) is 36.8 Å². The van der Waals surface area contributed by atoms with Gasteiger partial charge in [0.2, 0.25) is 0 Å². The molecule has 0 aliphatic carbocycles. The lowest BCUT2D eigenvalue weighted by Crippen LogP contribution is -2.40. The number of carbonyl (C=O) groups is 1. The van der Waals surface area contributed by atoms with Crippen LogP contribution < -0.4 is 11.1 Å². The van der Waals surface area contributed by atoms with Gasteiger partial charge >= 0.3 is 6.03 Å². The van der Waals surface area contributed by atoms with Crippen LogP contribution in [-0.2, 0) is 0 Å². The molecule has 1 aromatic rings. The average molecular weight is 300 g/mol. The highest BCUT2D eigenvalue weighted by Gasteiger charge is 2.13. The smallest absolute Gasteiger partial charge is 0.322 e. The Morgan fingerprint density at radius 1 is 1.53 bits per heavy atom. The molecule has 1 aromatic carbocycles. The first-order valence-electron chi connectivity index (χ1n) is 6.04. The lowest BCUT2D eigenvalue weighted by molar-refractivity contribution is 0.219. The molecule has 0 radical (unpaired) electrons. The molecule has 0 atom stereocenters. The number of thiocarbonyl (C=S) groups is 1. The summed E-state index contributed by atoms with van der Waals surface area (Å²) in [4.78, 5) is 14.0. The zero-order chi connectivity index (χ0) is 14.4. The number of nitrogens with one attached hydrogen (secondary N) is 1. The molecule has 3 N–H and O–H groups in total. The van der Waals surface area contributed by atoms with Crippen LogP contribution in [0.25, 0.3) is 0 Å². The van der Waals surface area contributed by atoms with Crippen molar-refractivity contribution < 1.29 is 4.79 Å². The first kappa shape index (κ1) is 15.7. The number of hydrogen-bond donors (Lipinski definition) is 2. The van der Waals surface area contributed by atoms with Gasteiger partial charge < -0.3 is 16.0 Å². The molecular weight excluding hydrogens is 282 g/mol. The summed E-state index contributed by atoms with van der Waals surface area (Å²) in [5, 5.41) is 3.41. The van der Waals surface area contributed by atoms with E-state index in [0.717, 1.165) is 12.0 Å². The van der Waals surface area contributed by atoms with Gasteiger partial charge in [-0.3, -0.25) is 0 Å². The Kier molecular flexibility index (Phi) is 6.05. The predicted molar refractivity (Wildman–Crippen MR) is 83.9 cm³/mol. The number of nitrogens with two attached hydrogens (primary N) is 1. The third-order valence-corrected chi connectivity index (χ3v) is 3.09. The molecule has 0 bridgehead atoms. The van der Waals surface area contributed by atoms with E-state index in [4.69, 9.17) is 29.6 Å². The number of hydrogen-bond acceptors (Lipinski definition) is 2. The van der Waals surface area contributed by atoms with Crippen LogP contribution in [0, 0.1) is 6.92 Å². The summed E-state index contributed by atoms with van der Waals surface area (Å²) in [5.41, 5.74) is 7.11. The van der Waals surface area contributed by atoms with Crippen molar-refractivity contribution in [3.63, 3.8) is 0 Å². The Balaban J connectivity index is 2.74. The van der Waals surface area contributed by atoms with E-state index in [1.54, 1.807) is 11.0 Å². The molecule has 104 valence electrons. The highest BCUT2D eigenvalue weighted by molar-refractivity contribution is 7.80. The highest BCUT2D eigenvalue weighted by Crippen LogP contribution is 2.20. The molecule has 0 aliphatic rings. The molecule has 0 aromatic heterocycles. The largest absolute Gasteiger partial charge is 0.392 e. The number of carbonyl (C=O) groups excluding carboxylic acids is 1. The minimum atomic E-state index is -0.227. The van der Waals surface area contributed by atoms with Crippen LogP contribution in [0.5, 0.6) is 0 Å². The number of halogens is 1. The van der Waals surface area contributed by atoms with Crippen molar-refractivity contribution in [3.05, 3.63) is 28.8 Å². The summed E-state index contributed by atoms with van der Waals surface area (Å²) in [7, 11) is 0. The van der Waals surface area contributed by atoms with Crippen molar-refractivity contribution in [2.24, 2.45) is 5.73 Å². The SMILES string of the molecule is CCCN(CC(N)=S)C(=O)Nc1ccc(C)c(Cl)c1. The number of nitrogens with zero attached hydrogens (tertiary/aromatic N) is 1. The van der Waals surface area contributed by atoms with Crippen molar-refractivity contribution in [2.75, 3.05) is 18.4 Å². The monoisotopic (exact) mass is 299 g/mol. The molecule has 6 heteroatoms. The van der Waals surface area contributed by atoms with Crippen LogP contribution in [0.4, 0.5) is 10.5 Å². The van der Waals surface area contributed by atoms with E-state index in [1.807, 2.05) is 26.0 Å². The molecule has 0 unspecified atom stereocenters. The van der Waals surface area contributed by atoms with Gasteiger partial charge in [0.1, 0.15) is 0 Å². The average Bonchev–Trinajstić information content (AvgIpc) is 2.33. The van der Waals surface area contributed by atoms with E-state index in [-0.39, 0.29) is 12.6 Å². The van der Waals surface area contributed by atoms with Crippen molar-refractivity contribution in [2.45, 2.75) is 20.3 Å². The van der Waals surface area contributed by atoms with E-state index < -0.39 is 0 Å². The fourth-order valence-electron chi connectivity index (χ4n) is 1.58. The summed E-state index contributed by atoms with van der Waals surface area (Å²) in [6.45, 7) is 4.77. The maximum Gasteiger partial charge on any atom is 0.322 e. The zero-order valence-electron chi connectivity index (χ0n) is 11.1. The van der Waals surface area contributed by atoms with Crippen LogP contribution in [0.3, 0.4) is 0 Å². The second-order valence-corrected chi connectivity index (χ2v) is 5.21. The molecule has 2 amide bonds. The normalized spacial score (nSPS) is 10.1. The van der Waals surface area contributed by atoms with Gasteiger partial charge in [0, 0.05) is 17.3 Å². The molecule has 0 heterocycles. The van der Waals surface area contributed by atoms with Gasteiger partial charge in [0.15, 0.2) is 0 Å². The summed E-state index contributed by atoms with van der Waals surface area (Å²) in [6.07, 6.45) is 0.838. The fraction of sp³-hybridized carbons (Fsp3) is 0.385. The maximum atomic E-state index is 12.1. The number of benzene rings is 1. The van der Waals surface area contributed by atoms with Gasteiger partial charge in [-0.05, 0) is 31.0 Å². The van der Waals surface area contributed by atoms with Gasteiger partial charge in [0.05, 0.1) is 11.5 Å². The molecule has 0 fully saturated rings. The molecule has 0 saturated heterocycles. The maximum absolute atomic E-state index is 12.1. The Morgan fingerprint density at radius 3 is 2.74 bits per heavy atom. The third-order valence-electron chi connectivity index (χ3n) is 2.55. The Bertz CT molecular complexity index is 479. The summed E-state index contributed by atoms with van der Waals surface area (Å²) < 4.78 is 0. The number of urea groups is 1. The second kappa shape index (κ2) is 7.31. The summed E-state index contributed by atoms with van der Waals surface area (Å²) >= 11 is 10.9. The lowest BCUT2D eigenvalue weighted by atomic mass is 10.2. The number of rotatable bonds is 5. The molecule has 0 spiro atoms. The van der Waals surface area contributed by atoms with Crippen LogP contribution in [-0.4, -0.2) is 29.0 Å². The van der Waals surface area contributed by atoms with Crippen molar-refractivity contribution in [1.82, 2.24) is 4.90 Å². The lowest BCUT2D eigenvalue weighted by Gasteiger charge is -2.22. The third kappa shape index (κ3) is 5.04. The molecule has 0 aliphatic heterocycles. The molecular formula is C13H18ClN3OS. The quantitative estimate of drug-likeness (QED) is 0.821. The molecule has 0 saturated carbocycles. The fourth-order valence-corrected chi connectivity index (χ4v) is 1.92. The molecule has 19 heavy (non-hydrogen) atoms. The minimum Gasteiger partial charge on any atom is -0.392 e. The number of amides is 2. The van der Waals surface area contributed by atoms with E-state index in [9.17, 15) is 4.79 Å². The topological polar surface area (TPSA) is 58.4 Å². The van der Waals surface area contributed by atoms with Gasteiger partial charge in [-0.2, -0.15) is 0 Å². The summed E-state index contributed by atoms with van der Waals surface area (Å²) in [6, 6.07) is 5.16. The number of aryl methyl sites for hydroxylation is 1. The zero-order valence-corrected chi connectivity index (χ0v) is 12.6. The van der Waals surface area contributed by atoms with Crippen molar-refractivity contribution in [1.29, 1.82) is 0 Å². The van der Waals surface area contributed by atoms with Crippen molar-refractivity contribution >= 4 is 40.5 Å². The van der Waals surface area contributed by atoms with Crippen LogP contribution >= 0.6 is 23.8 Å². The van der Waals surface area contributed by atoms with Gasteiger partial charge in [0.25, 0.3) is 0 Å². The van der Waals surface area contributed by atoms with E-state index >= 15 is 0 Å². The summed E-state index contributed by atoms with van der Waals surface area (Å²) in [5.74, 6) is 0. The highest BCUT2D eigenvalue weighted by atomic mass is 35.5. The predicted octanol–water partition coefficient (Wildman–Crippen LogP) is 3.18. The van der Waals surface area contributed by atoms with Gasteiger partial charge in [-0.25, -0.2) is 4.79 Å². The Labute approximate surface area is 123 Å². The van der Waals surface area contributed by atoms with Crippen LogP contribution in [0.1, 0.15) is 18.9 Å². The van der Waals surface area contributed by atoms with Crippen molar-refractivity contribution in [3.8, 4) is 0 Å². The van der Waals surface area contributed by atoms with Crippen LogP contribution in [0.2, 0.25) is 5.02 Å². The molecule has 4 nitrogen and oxygen atoms in total. The first-order chi connectivity index (χ1) is 8.93. The first-order valence-corrected chi connectivity index (χ1v) is 6.83. The van der Waals surface area contributed by atoms with E-state index in [0.29, 0.717) is 22.2 Å². The van der Waals surface area contributed by atoms with Crippen LogP contribution in [0.15, 0.2) is 18.2 Å². The Hall–Kier alpha value is -1.33. The minimum absolute atomic E-state index is 0.227. The standard InChI is InChI=1S/C13H18ClN3OS/c1-3-6-17(8-12(15)19)13(18)16-10-5-4-9(2)11(14)7-10/h4-5,7H,3,6,8H2,1-2H3,(H2,15,19)(H,16,18). The second-order valence-electron chi connectivity index (χ2n) is 4.28. The number of anilines is 1. The molecule has 1 rings (SSSR count). The van der Waals surface area contributed by atoms with Gasteiger partial charge in [-0.15, -0.1) is 0 Å². The van der Waals surface area contributed by atoms with E-state index in [2.05, 4.69) is 5.32 Å².